The number of nitrogen functional groups attached to an aromatic ring is 1. The van der Waals surface area contributed by atoms with Crippen LogP contribution in [0.15, 0.2) is 11.0 Å². The van der Waals surface area contributed by atoms with E-state index in [1.165, 1.54) is 4.57 Å². The fourth-order valence-electron chi connectivity index (χ4n) is 1.81. The zero-order chi connectivity index (χ0) is 13.7. The van der Waals surface area contributed by atoms with E-state index in [1.54, 1.807) is 13.1 Å². The van der Waals surface area contributed by atoms with Crippen molar-refractivity contribution in [1.29, 1.82) is 0 Å². The van der Waals surface area contributed by atoms with Gasteiger partial charge < -0.3 is 15.6 Å². The van der Waals surface area contributed by atoms with E-state index in [1.807, 2.05) is 13.8 Å². The molecular weight excluding hydrogens is 234 g/mol. The molecule has 1 aromatic heterocycles. The van der Waals surface area contributed by atoms with Crippen molar-refractivity contribution in [2.75, 3.05) is 12.3 Å². The van der Waals surface area contributed by atoms with Crippen LogP contribution in [0.25, 0.3) is 0 Å². The lowest BCUT2D eigenvalue weighted by Crippen LogP contribution is -2.28. The van der Waals surface area contributed by atoms with E-state index in [2.05, 4.69) is 4.98 Å². The van der Waals surface area contributed by atoms with Crippen molar-refractivity contribution in [1.82, 2.24) is 9.55 Å². The van der Waals surface area contributed by atoms with Gasteiger partial charge in [-0.3, -0.25) is 4.57 Å². The molecule has 102 valence electrons. The Morgan fingerprint density at radius 3 is 2.78 bits per heavy atom. The number of nitrogens with zero attached hydrogens (tertiary/aromatic N) is 2. The van der Waals surface area contributed by atoms with E-state index in [0.717, 1.165) is 12.0 Å². The molecule has 0 bridgehead atoms. The maximum atomic E-state index is 11.6. The third-order valence-corrected chi connectivity index (χ3v) is 2.77. The topological polar surface area (TPSA) is 90.4 Å². The molecule has 2 unspecified atom stereocenters. The summed E-state index contributed by atoms with van der Waals surface area (Å²) in [6.45, 7) is 5.77. The van der Waals surface area contributed by atoms with Gasteiger partial charge in [-0.15, -0.1) is 0 Å². The molecular formula is C12H21N3O3. The Morgan fingerprint density at radius 1 is 1.56 bits per heavy atom. The molecule has 1 saturated heterocycles. The van der Waals surface area contributed by atoms with Crippen LogP contribution >= 0.6 is 0 Å². The molecule has 0 aromatic carbocycles. The molecule has 0 radical (unpaired) electrons. The number of aromatic nitrogens is 2. The maximum Gasteiger partial charge on any atom is 0.351 e. The molecule has 2 atom stereocenters. The molecule has 2 heterocycles. The second-order valence-corrected chi connectivity index (χ2v) is 3.97. The summed E-state index contributed by atoms with van der Waals surface area (Å²) in [6.07, 6.45) is 2.58. The van der Waals surface area contributed by atoms with Crippen LogP contribution in [0.2, 0.25) is 0 Å². The highest BCUT2D eigenvalue weighted by atomic mass is 16.5. The predicted octanol–water partition coefficient (Wildman–Crippen LogP) is 0.830. The van der Waals surface area contributed by atoms with Crippen molar-refractivity contribution in [2.24, 2.45) is 0 Å². The van der Waals surface area contributed by atoms with Crippen LogP contribution in [0.1, 0.15) is 38.5 Å². The Kier molecular flexibility index (Phi) is 5.30. The Hall–Kier alpha value is -1.40. The number of nitrogens with two attached hydrogens (primary N) is 1. The Morgan fingerprint density at radius 2 is 2.22 bits per heavy atom. The van der Waals surface area contributed by atoms with Gasteiger partial charge in [0.15, 0.2) is 0 Å². The minimum atomic E-state index is -0.410. The Balaban J connectivity index is 0.000000771. The van der Waals surface area contributed by atoms with Gasteiger partial charge in [-0.2, -0.15) is 4.98 Å². The SMILES string of the molecule is CC.Cc1cn(C2CCC(CO)O2)c(=O)nc1N. The largest absolute Gasteiger partial charge is 0.394 e. The van der Waals surface area contributed by atoms with Gasteiger partial charge in [0.05, 0.1) is 12.7 Å². The van der Waals surface area contributed by atoms with Crippen molar-refractivity contribution < 1.29 is 9.84 Å². The standard InChI is InChI=1S/C10H15N3O3.C2H6/c1-6-4-13(10(15)12-9(6)11)8-3-2-7(5-14)16-8;1-2/h4,7-8,14H,2-3,5H2,1H3,(H2,11,12,15);1-2H3. The lowest BCUT2D eigenvalue weighted by atomic mass is 10.2. The molecule has 1 fully saturated rings. The van der Waals surface area contributed by atoms with Crippen LogP contribution in [0, 0.1) is 6.92 Å². The number of ether oxygens (including phenoxy) is 1. The first-order chi connectivity index (χ1) is 8.61. The number of aliphatic hydroxyl groups is 1. The van der Waals surface area contributed by atoms with Gasteiger partial charge in [-0.05, 0) is 19.8 Å². The van der Waals surface area contributed by atoms with Gasteiger partial charge in [-0.25, -0.2) is 4.79 Å². The van der Waals surface area contributed by atoms with Crippen molar-refractivity contribution in [3.05, 3.63) is 22.2 Å². The van der Waals surface area contributed by atoms with E-state index in [-0.39, 0.29) is 24.8 Å². The Bertz CT molecular complexity index is 445. The summed E-state index contributed by atoms with van der Waals surface area (Å²) in [5.74, 6) is 0.248. The zero-order valence-electron chi connectivity index (χ0n) is 11.1. The molecule has 0 aliphatic carbocycles. The van der Waals surface area contributed by atoms with E-state index in [0.29, 0.717) is 6.42 Å². The normalized spacial score (nSPS) is 22.4. The molecule has 3 N–H and O–H groups in total. The fourth-order valence-corrected chi connectivity index (χ4v) is 1.81. The van der Waals surface area contributed by atoms with Gasteiger partial charge in [0, 0.05) is 11.8 Å². The average Bonchev–Trinajstić information content (AvgIpc) is 2.85. The third kappa shape index (κ3) is 3.08. The number of hydrogen-bond acceptors (Lipinski definition) is 5. The van der Waals surface area contributed by atoms with Gasteiger partial charge in [0.1, 0.15) is 12.0 Å². The summed E-state index contributed by atoms with van der Waals surface area (Å²) in [5.41, 5.74) is 5.87. The monoisotopic (exact) mass is 255 g/mol. The maximum absolute atomic E-state index is 11.6. The first kappa shape index (κ1) is 14.7. The van der Waals surface area contributed by atoms with Gasteiger partial charge in [0.2, 0.25) is 0 Å². The lowest BCUT2D eigenvalue weighted by molar-refractivity contribution is -0.0246. The highest BCUT2D eigenvalue weighted by Gasteiger charge is 2.26. The summed E-state index contributed by atoms with van der Waals surface area (Å²) >= 11 is 0. The van der Waals surface area contributed by atoms with Crippen molar-refractivity contribution in [3.63, 3.8) is 0 Å². The second-order valence-electron chi connectivity index (χ2n) is 3.97. The molecule has 6 heteroatoms. The molecule has 1 aliphatic rings. The minimum absolute atomic E-state index is 0.0212. The van der Waals surface area contributed by atoms with Crippen LogP contribution in [0.3, 0.4) is 0 Å². The molecule has 18 heavy (non-hydrogen) atoms. The summed E-state index contributed by atoms with van der Waals surface area (Å²) in [7, 11) is 0. The van der Waals surface area contributed by atoms with Crippen LogP contribution < -0.4 is 11.4 Å². The number of hydrogen-bond donors (Lipinski definition) is 2. The van der Waals surface area contributed by atoms with Crippen LogP contribution in [-0.4, -0.2) is 27.4 Å². The summed E-state index contributed by atoms with van der Waals surface area (Å²) in [4.78, 5) is 15.3. The van der Waals surface area contributed by atoms with Gasteiger partial charge in [0.25, 0.3) is 0 Å². The molecule has 0 saturated carbocycles. The van der Waals surface area contributed by atoms with Gasteiger partial charge >= 0.3 is 5.69 Å². The molecule has 1 aromatic rings. The molecule has 6 nitrogen and oxygen atoms in total. The van der Waals surface area contributed by atoms with E-state index in [4.69, 9.17) is 15.6 Å². The molecule has 1 aliphatic heterocycles. The van der Waals surface area contributed by atoms with Crippen LogP contribution in [0.5, 0.6) is 0 Å². The lowest BCUT2D eigenvalue weighted by Gasteiger charge is -2.15. The predicted molar refractivity (Wildman–Crippen MR) is 69.2 cm³/mol. The Labute approximate surface area is 106 Å². The molecule has 0 amide bonds. The highest BCUT2D eigenvalue weighted by Crippen LogP contribution is 2.26. The fraction of sp³-hybridized carbons (Fsp3) is 0.667. The summed E-state index contributed by atoms with van der Waals surface area (Å²) < 4.78 is 6.94. The first-order valence-electron chi connectivity index (χ1n) is 6.23. The molecule has 0 spiro atoms. The van der Waals surface area contributed by atoms with Crippen LogP contribution in [0.4, 0.5) is 5.82 Å². The molecule has 2 rings (SSSR count). The zero-order valence-corrected chi connectivity index (χ0v) is 11.1. The second kappa shape index (κ2) is 6.51. The van der Waals surface area contributed by atoms with E-state index in [9.17, 15) is 4.79 Å². The smallest absolute Gasteiger partial charge is 0.351 e. The quantitative estimate of drug-likeness (QED) is 0.817. The number of anilines is 1. The van der Waals surface area contributed by atoms with Gasteiger partial charge in [-0.1, -0.05) is 13.8 Å². The summed E-state index contributed by atoms with van der Waals surface area (Å²) in [6, 6.07) is 0. The first-order valence-corrected chi connectivity index (χ1v) is 6.23. The van der Waals surface area contributed by atoms with Crippen molar-refractivity contribution in [2.45, 2.75) is 45.9 Å². The summed E-state index contributed by atoms with van der Waals surface area (Å²) in [5, 5.41) is 8.95. The average molecular weight is 255 g/mol. The van der Waals surface area contributed by atoms with E-state index < -0.39 is 5.69 Å². The number of rotatable bonds is 2. The third-order valence-electron chi connectivity index (χ3n) is 2.77. The van der Waals surface area contributed by atoms with Crippen LogP contribution in [-0.2, 0) is 4.74 Å². The minimum Gasteiger partial charge on any atom is -0.394 e. The van der Waals surface area contributed by atoms with Crippen molar-refractivity contribution >= 4 is 5.82 Å². The number of aryl methyl sites for hydroxylation is 1. The number of aliphatic hydroxyl groups excluding tert-OH is 1. The van der Waals surface area contributed by atoms with Crippen molar-refractivity contribution in [3.8, 4) is 0 Å². The highest BCUT2D eigenvalue weighted by molar-refractivity contribution is 5.35. The van der Waals surface area contributed by atoms with E-state index >= 15 is 0 Å².